The highest BCUT2D eigenvalue weighted by Gasteiger charge is 2.19. The number of hydrogen-bond acceptors (Lipinski definition) is 2. The molecule has 0 amide bonds. The highest BCUT2D eigenvalue weighted by atomic mass is 15.1. The van der Waals surface area contributed by atoms with E-state index in [1.165, 1.54) is 49.9 Å². The molecule has 1 aromatic carbocycles. The van der Waals surface area contributed by atoms with Crippen LogP contribution in [0.15, 0.2) is 24.3 Å². The molecule has 0 aromatic heterocycles. The quantitative estimate of drug-likeness (QED) is 0.880. The van der Waals surface area contributed by atoms with Gasteiger partial charge < -0.3 is 5.73 Å². The summed E-state index contributed by atoms with van der Waals surface area (Å²) in [6.45, 7) is 7.90. The lowest BCUT2D eigenvalue weighted by Gasteiger charge is -2.33. The van der Waals surface area contributed by atoms with Crippen LogP contribution in [0.3, 0.4) is 0 Å². The predicted molar refractivity (Wildman–Crippen MR) is 82.1 cm³/mol. The number of rotatable bonds is 5. The number of nitrogens with zero attached hydrogens (tertiary/aromatic N) is 1. The molecule has 2 heteroatoms. The molecule has 0 aliphatic carbocycles. The molecule has 1 heterocycles. The second kappa shape index (κ2) is 7.06. The van der Waals surface area contributed by atoms with Crippen LogP contribution < -0.4 is 5.73 Å². The number of benzene rings is 1. The average Bonchev–Trinajstić information content (AvgIpc) is 2.37. The molecule has 1 aliphatic rings. The van der Waals surface area contributed by atoms with Gasteiger partial charge in [-0.05, 0) is 57.6 Å². The van der Waals surface area contributed by atoms with E-state index in [1.54, 1.807) is 0 Å². The van der Waals surface area contributed by atoms with Crippen molar-refractivity contribution in [3.63, 3.8) is 0 Å². The fourth-order valence-electron chi connectivity index (χ4n) is 3.10. The zero-order chi connectivity index (χ0) is 13.7. The summed E-state index contributed by atoms with van der Waals surface area (Å²) < 4.78 is 0. The van der Waals surface area contributed by atoms with Gasteiger partial charge in [-0.15, -0.1) is 0 Å². The van der Waals surface area contributed by atoms with Crippen LogP contribution in [0.5, 0.6) is 0 Å². The van der Waals surface area contributed by atoms with Gasteiger partial charge in [0.15, 0.2) is 0 Å². The molecule has 1 saturated heterocycles. The Labute approximate surface area is 118 Å². The van der Waals surface area contributed by atoms with Gasteiger partial charge in [0.05, 0.1) is 0 Å². The Balaban J connectivity index is 1.83. The van der Waals surface area contributed by atoms with E-state index in [-0.39, 0.29) is 0 Å². The van der Waals surface area contributed by atoms with Gasteiger partial charge in [0, 0.05) is 19.1 Å². The lowest BCUT2D eigenvalue weighted by molar-refractivity contribution is 0.159. The van der Waals surface area contributed by atoms with Gasteiger partial charge in [-0.1, -0.05) is 29.8 Å². The molecule has 2 nitrogen and oxygen atoms in total. The van der Waals surface area contributed by atoms with Gasteiger partial charge in [0.1, 0.15) is 0 Å². The third-order valence-electron chi connectivity index (χ3n) is 4.12. The van der Waals surface area contributed by atoms with Crippen molar-refractivity contribution in [3.05, 3.63) is 35.4 Å². The summed E-state index contributed by atoms with van der Waals surface area (Å²) in [4.78, 5) is 2.62. The number of likely N-dealkylation sites (tertiary alicyclic amines) is 1. The first-order valence-corrected chi connectivity index (χ1v) is 7.67. The lowest BCUT2D eigenvalue weighted by atomic mass is 9.92. The van der Waals surface area contributed by atoms with Crippen LogP contribution in [-0.2, 0) is 6.54 Å². The Kier molecular flexibility index (Phi) is 5.41. The highest BCUT2D eigenvalue weighted by molar-refractivity contribution is 5.22. The molecule has 19 heavy (non-hydrogen) atoms. The Bertz CT molecular complexity index is 387. The summed E-state index contributed by atoms with van der Waals surface area (Å²) in [6, 6.07) is 9.25. The van der Waals surface area contributed by atoms with Gasteiger partial charge in [-0.3, -0.25) is 4.90 Å². The SMILES string of the molecule is Cc1cccc(CN2CCCC(CCC(C)N)C2)c1. The number of piperidine rings is 1. The van der Waals surface area contributed by atoms with E-state index in [2.05, 4.69) is 43.0 Å². The summed E-state index contributed by atoms with van der Waals surface area (Å²) in [5, 5.41) is 0. The van der Waals surface area contributed by atoms with Crippen molar-refractivity contribution < 1.29 is 0 Å². The molecule has 1 aliphatic heterocycles. The van der Waals surface area contributed by atoms with Gasteiger partial charge in [0.2, 0.25) is 0 Å². The molecule has 0 radical (unpaired) electrons. The number of nitrogens with two attached hydrogens (primary N) is 1. The predicted octanol–water partition coefficient (Wildman–Crippen LogP) is 3.33. The second-order valence-corrected chi connectivity index (χ2v) is 6.29. The third kappa shape index (κ3) is 4.96. The summed E-state index contributed by atoms with van der Waals surface area (Å²) >= 11 is 0. The van der Waals surface area contributed by atoms with E-state index >= 15 is 0 Å². The minimum absolute atomic E-state index is 0.354. The molecule has 0 saturated carbocycles. The second-order valence-electron chi connectivity index (χ2n) is 6.29. The molecular formula is C17H28N2. The first-order valence-electron chi connectivity index (χ1n) is 7.67. The first kappa shape index (κ1) is 14.5. The summed E-state index contributed by atoms with van der Waals surface area (Å²) in [5.74, 6) is 0.851. The Morgan fingerprint density at radius 3 is 3.00 bits per heavy atom. The molecule has 2 atom stereocenters. The van der Waals surface area contributed by atoms with E-state index in [1.807, 2.05) is 0 Å². The van der Waals surface area contributed by atoms with Crippen LogP contribution in [-0.4, -0.2) is 24.0 Å². The fraction of sp³-hybridized carbons (Fsp3) is 0.647. The molecule has 2 unspecified atom stereocenters. The molecule has 0 bridgehead atoms. The minimum Gasteiger partial charge on any atom is -0.328 e. The van der Waals surface area contributed by atoms with Crippen molar-refractivity contribution in [2.24, 2.45) is 11.7 Å². The van der Waals surface area contributed by atoms with Gasteiger partial charge in [-0.25, -0.2) is 0 Å². The lowest BCUT2D eigenvalue weighted by Crippen LogP contribution is -2.35. The minimum atomic E-state index is 0.354. The number of hydrogen-bond donors (Lipinski definition) is 1. The molecule has 0 spiro atoms. The standard InChI is InChI=1S/C17H28N2/c1-14-5-3-6-17(11-14)13-19-10-4-7-16(12-19)9-8-15(2)18/h3,5-6,11,15-16H,4,7-10,12-13,18H2,1-2H3. The van der Waals surface area contributed by atoms with E-state index in [9.17, 15) is 0 Å². The van der Waals surface area contributed by atoms with Crippen molar-refractivity contribution in [1.29, 1.82) is 0 Å². The van der Waals surface area contributed by atoms with Gasteiger partial charge in [-0.2, -0.15) is 0 Å². The molecule has 1 fully saturated rings. The first-order chi connectivity index (χ1) is 9.13. The van der Waals surface area contributed by atoms with Crippen molar-refractivity contribution in [2.45, 2.75) is 52.1 Å². The van der Waals surface area contributed by atoms with Crippen molar-refractivity contribution >= 4 is 0 Å². The Morgan fingerprint density at radius 1 is 1.42 bits per heavy atom. The normalized spacial score (nSPS) is 22.4. The van der Waals surface area contributed by atoms with Crippen molar-refractivity contribution in [3.8, 4) is 0 Å². The van der Waals surface area contributed by atoms with Crippen LogP contribution in [0.4, 0.5) is 0 Å². The molecular weight excluding hydrogens is 232 g/mol. The largest absolute Gasteiger partial charge is 0.328 e. The van der Waals surface area contributed by atoms with E-state index in [0.717, 1.165) is 12.5 Å². The van der Waals surface area contributed by atoms with E-state index in [4.69, 9.17) is 5.73 Å². The summed E-state index contributed by atoms with van der Waals surface area (Å²) in [6.07, 6.45) is 5.19. The maximum Gasteiger partial charge on any atom is 0.0233 e. The zero-order valence-corrected chi connectivity index (χ0v) is 12.4. The zero-order valence-electron chi connectivity index (χ0n) is 12.4. The summed E-state index contributed by atoms with van der Waals surface area (Å²) in [7, 11) is 0. The Hall–Kier alpha value is -0.860. The van der Waals surface area contributed by atoms with Crippen LogP contribution in [0.1, 0.15) is 43.7 Å². The maximum atomic E-state index is 5.87. The molecule has 2 N–H and O–H groups in total. The fourth-order valence-corrected chi connectivity index (χ4v) is 3.10. The highest BCUT2D eigenvalue weighted by Crippen LogP contribution is 2.23. The average molecular weight is 260 g/mol. The maximum absolute atomic E-state index is 5.87. The monoisotopic (exact) mass is 260 g/mol. The van der Waals surface area contributed by atoms with Crippen molar-refractivity contribution in [2.75, 3.05) is 13.1 Å². The molecule has 2 rings (SSSR count). The number of aryl methyl sites for hydroxylation is 1. The van der Waals surface area contributed by atoms with Gasteiger partial charge >= 0.3 is 0 Å². The molecule has 106 valence electrons. The molecule has 1 aromatic rings. The smallest absolute Gasteiger partial charge is 0.0233 e. The van der Waals surface area contributed by atoms with E-state index < -0.39 is 0 Å². The summed E-state index contributed by atoms with van der Waals surface area (Å²) in [5.41, 5.74) is 8.69. The van der Waals surface area contributed by atoms with Crippen LogP contribution in [0, 0.1) is 12.8 Å². The Morgan fingerprint density at radius 2 is 2.26 bits per heavy atom. The topological polar surface area (TPSA) is 29.3 Å². The van der Waals surface area contributed by atoms with Crippen LogP contribution >= 0.6 is 0 Å². The van der Waals surface area contributed by atoms with E-state index in [0.29, 0.717) is 6.04 Å². The third-order valence-corrected chi connectivity index (χ3v) is 4.12. The van der Waals surface area contributed by atoms with Crippen molar-refractivity contribution in [1.82, 2.24) is 4.90 Å². The van der Waals surface area contributed by atoms with Crippen LogP contribution in [0.25, 0.3) is 0 Å². The van der Waals surface area contributed by atoms with Gasteiger partial charge in [0.25, 0.3) is 0 Å². The van der Waals surface area contributed by atoms with Crippen LogP contribution in [0.2, 0.25) is 0 Å².